The second-order valence-electron chi connectivity index (χ2n) is 9.50. The maximum Gasteiger partial charge on any atom is 0.274 e. The topological polar surface area (TPSA) is 106 Å². The Morgan fingerprint density at radius 3 is 2.76 bits per heavy atom. The van der Waals surface area contributed by atoms with E-state index in [-0.39, 0.29) is 11.9 Å². The summed E-state index contributed by atoms with van der Waals surface area (Å²) >= 11 is 0. The van der Waals surface area contributed by atoms with Crippen LogP contribution in [0.1, 0.15) is 41.6 Å². The number of carbonyl (C=O) groups excluding carboxylic acids is 1. The molecule has 0 radical (unpaired) electrons. The minimum atomic E-state index is -0.211. The van der Waals surface area contributed by atoms with Crippen molar-refractivity contribution < 1.29 is 4.79 Å². The number of hydrogen-bond acceptors (Lipinski definition) is 6. The van der Waals surface area contributed by atoms with Crippen molar-refractivity contribution in [2.75, 3.05) is 23.3 Å². The minimum absolute atomic E-state index is 0.211. The van der Waals surface area contributed by atoms with Crippen molar-refractivity contribution in [3.05, 3.63) is 84.1 Å². The van der Waals surface area contributed by atoms with E-state index in [9.17, 15) is 4.79 Å². The number of hydrogen-bond donors (Lipinski definition) is 2. The lowest BCUT2D eigenvalue weighted by Crippen LogP contribution is -2.40. The summed E-state index contributed by atoms with van der Waals surface area (Å²) in [5, 5.41) is 8.97. The van der Waals surface area contributed by atoms with Gasteiger partial charge in [-0.1, -0.05) is 25.1 Å². The number of aromatic nitrogens is 5. The Morgan fingerprint density at radius 2 is 1.92 bits per heavy atom. The molecule has 1 aliphatic rings. The Balaban J connectivity index is 1.30. The van der Waals surface area contributed by atoms with E-state index in [1.165, 1.54) is 0 Å². The number of anilines is 2. The van der Waals surface area contributed by atoms with Crippen LogP contribution in [-0.4, -0.2) is 49.2 Å². The van der Waals surface area contributed by atoms with Crippen LogP contribution in [0.3, 0.4) is 0 Å². The average Bonchev–Trinajstić information content (AvgIpc) is 3.52. The molecule has 0 spiro atoms. The van der Waals surface area contributed by atoms with Gasteiger partial charge in [-0.2, -0.15) is 5.10 Å². The van der Waals surface area contributed by atoms with Crippen LogP contribution in [0.5, 0.6) is 0 Å². The first-order valence-corrected chi connectivity index (χ1v) is 12.8. The monoisotopic (exact) mass is 494 g/mol. The summed E-state index contributed by atoms with van der Waals surface area (Å²) in [4.78, 5) is 24.8. The van der Waals surface area contributed by atoms with Gasteiger partial charge in [-0.25, -0.2) is 9.97 Å². The largest absolute Gasteiger partial charge is 0.356 e. The number of aryl methyl sites for hydroxylation is 1. The molecule has 1 aliphatic heterocycles. The number of amides is 1. The molecule has 9 nitrogen and oxygen atoms in total. The van der Waals surface area contributed by atoms with Crippen LogP contribution < -0.4 is 16.0 Å². The molecule has 3 N–H and O–H groups in total. The summed E-state index contributed by atoms with van der Waals surface area (Å²) in [5.41, 5.74) is 10.9. The highest BCUT2D eigenvalue weighted by atomic mass is 16.2. The van der Waals surface area contributed by atoms with Crippen LogP contribution in [0.2, 0.25) is 0 Å². The maximum absolute atomic E-state index is 13.2. The van der Waals surface area contributed by atoms with E-state index < -0.39 is 0 Å². The summed E-state index contributed by atoms with van der Waals surface area (Å²) in [7, 11) is 0. The molecule has 5 aromatic rings. The Hall–Kier alpha value is -4.24. The lowest BCUT2D eigenvalue weighted by Gasteiger charge is -2.31. The van der Waals surface area contributed by atoms with Crippen molar-refractivity contribution in [1.29, 1.82) is 0 Å². The fraction of sp³-hybridized carbons (Fsp3) is 0.286. The van der Waals surface area contributed by atoms with Gasteiger partial charge in [0.15, 0.2) is 0 Å². The molecule has 0 saturated carbocycles. The highest BCUT2D eigenvalue weighted by Gasteiger charge is 2.20. The Kier molecular flexibility index (Phi) is 6.05. The molecule has 1 aromatic carbocycles. The molecule has 9 heteroatoms. The third-order valence-corrected chi connectivity index (χ3v) is 7.05. The quantitative estimate of drug-likeness (QED) is 0.371. The van der Waals surface area contributed by atoms with Crippen LogP contribution in [0.25, 0.3) is 16.6 Å². The predicted molar refractivity (Wildman–Crippen MR) is 145 cm³/mol. The molecular weight excluding hydrogens is 464 g/mol. The smallest absolute Gasteiger partial charge is 0.274 e. The van der Waals surface area contributed by atoms with E-state index in [0.29, 0.717) is 12.2 Å². The minimum Gasteiger partial charge on any atom is -0.356 e. The summed E-state index contributed by atoms with van der Waals surface area (Å²) in [6, 6.07) is 18.0. The fourth-order valence-corrected chi connectivity index (χ4v) is 5.08. The molecule has 0 unspecified atom stereocenters. The molecule has 1 saturated heterocycles. The Labute approximate surface area is 214 Å². The number of imidazole rings is 1. The molecule has 6 rings (SSSR count). The van der Waals surface area contributed by atoms with E-state index in [4.69, 9.17) is 15.8 Å². The zero-order chi connectivity index (χ0) is 25.4. The zero-order valence-electron chi connectivity index (χ0n) is 20.8. The van der Waals surface area contributed by atoms with Crippen LogP contribution in [0, 0.1) is 0 Å². The zero-order valence-corrected chi connectivity index (χ0v) is 20.8. The first-order valence-electron chi connectivity index (χ1n) is 12.8. The van der Waals surface area contributed by atoms with Crippen molar-refractivity contribution in [3.8, 4) is 0 Å². The molecule has 1 amide bonds. The van der Waals surface area contributed by atoms with Gasteiger partial charge >= 0.3 is 0 Å². The van der Waals surface area contributed by atoms with Gasteiger partial charge in [0, 0.05) is 30.7 Å². The van der Waals surface area contributed by atoms with Gasteiger partial charge in [-0.3, -0.25) is 13.9 Å². The Bertz CT molecular complexity index is 1580. The summed E-state index contributed by atoms with van der Waals surface area (Å²) < 4.78 is 3.77. The molecule has 4 aromatic heterocycles. The Morgan fingerprint density at radius 1 is 1.08 bits per heavy atom. The van der Waals surface area contributed by atoms with Gasteiger partial charge in [0.25, 0.3) is 5.91 Å². The fourth-order valence-electron chi connectivity index (χ4n) is 5.08. The standard InChI is InChI=1S/C28H30N8O/c1-2-21-27-22(32-28(37)24-17-30-25-10-3-4-14-35(24)25)8-6-9-23(27)36(33-21)18-20-7-5-11-26(31-20)34-15-12-19(29)13-16-34/h3-11,14,17,19H,2,12-13,15-16,18,29H2,1H3,(H,32,37). The number of fused-ring (bicyclic) bond motifs is 2. The van der Waals surface area contributed by atoms with Gasteiger partial charge < -0.3 is 16.0 Å². The number of nitrogens with one attached hydrogen (secondary N) is 1. The van der Waals surface area contributed by atoms with Gasteiger partial charge in [0.2, 0.25) is 0 Å². The lowest BCUT2D eigenvalue weighted by molar-refractivity contribution is 0.102. The molecule has 0 aliphatic carbocycles. The van der Waals surface area contributed by atoms with Crippen LogP contribution in [-0.2, 0) is 13.0 Å². The maximum atomic E-state index is 13.2. The van der Waals surface area contributed by atoms with E-state index in [0.717, 1.165) is 71.8 Å². The third-order valence-electron chi connectivity index (χ3n) is 7.05. The van der Waals surface area contributed by atoms with Crippen LogP contribution >= 0.6 is 0 Å². The van der Waals surface area contributed by atoms with Gasteiger partial charge in [0.1, 0.15) is 17.2 Å². The summed E-state index contributed by atoms with van der Waals surface area (Å²) in [6.07, 6.45) is 6.15. The summed E-state index contributed by atoms with van der Waals surface area (Å²) in [6.45, 7) is 4.48. The normalized spacial score (nSPS) is 14.5. The number of rotatable bonds is 6. The predicted octanol–water partition coefficient (Wildman–Crippen LogP) is 3.87. The number of nitrogens with zero attached hydrogens (tertiary/aromatic N) is 6. The van der Waals surface area contributed by atoms with Crippen LogP contribution in [0.4, 0.5) is 11.5 Å². The first-order chi connectivity index (χ1) is 18.1. The average molecular weight is 495 g/mol. The summed E-state index contributed by atoms with van der Waals surface area (Å²) in [5.74, 6) is 0.772. The van der Waals surface area contributed by atoms with E-state index in [1.54, 1.807) is 10.6 Å². The molecule has 0 atom stereocenters. The molecule has 188 valence electrons. The van der Waals surface area contributed by atoms with Crippen molar-refractivity contribution in [2.24, 2.45) is 5.73 Å². The second kappa shape index (κ2) is 9.67. The SMILES string of the molecule is CCc1nn(Cc2cccc(N3CCC(N)CC3)n2)c2cccc(NC(=O)c3cnc4ccccn34)c12. The number of benzene rings is 1. The number of pyridine rings is 2. The van der Waals surface area contributed by atoms with Crippen molar-refractivity contribution in [1.82, 2.24) is 24.1 Å². The molecule has 1 fully saturated rings. The number of carbonyl (C=O) groups is 1. The van der Waals surface area contributed by atoms with Gasteiger partial charge in [-0.05, 0) is 55.7 Å². The van der Waals surface area contributed by atoms with Crippen molar-refractivity contribution in [2.45, 2.75) is 38.8 Å². The molecule has 37 heavy (non-hydrogen) atoms. The molecule has 0 bridgehead atoms. The van der Waals surface area contributed by atoms with Gasteiger partial charge in [-0.15, -0.1) is 0 Å². The second-order valence-corrected chi connectivity index (χ2v) is 9.50. The van der Waals surface area contributed by atoms with Crippen LogP contribution in [0.15, 0.2) is 67.0 Å². The lowest BCUT2D eigenvalue weighted by atomic mass is 10.1. The van der Waals surface area contributed by atoms with Crippen molar-refractivity contribution >= 4 is 34.0 Å². The molecular formula is C28H30N8O. The number of nitrogens with two attached hydrogens (primary N) is 1. The highest BCUT2D eigenvalue weighted by molar-refractivity contribution is 6.08. The third kappa shape index (κ3) is 4.42. The van der Waals surface area contributed by atoms with E-state index in [1.807, 2.05) is 53.3 Å². The van der Waals surface area contributed by atoms with E-state index >= 15 is 0 Å². The van der Waals surface area contributed by atoms with Crippen molar-refractivity contribution in [3.63, 3.8) is 0 Å². The first kappa shape index (κ1) is 23.2. The van der Waals surface area contributed by atoms with E-state index in [2.05, 4.69) is 34.3 Å². The molecule has 5 heterocycles. The highest BCUT2D eigenvalue weighted by Crippen LogP contribution is 2.29. The number of piperidine rings is 1. The van der Waals surface area contributed by atoms with Gasteiger partial charge in [0.05, 0.1) is 35.3 Å².